The molecule has 1 heterocycles. The van der Waals surface area contributed by atoms with E-state index in [1.807, 2.05) is 25.1 Å². The van der Waals surface area contributed by atoms with Gasteiger partial charge in [-0.2, -0.15) is 0 Å². The minimum absolute atomic E-state index is 0.771. The van der Waals surface area contributed by atoms with E-state index in [1.165, 1.54) is 0 Å². The molecule has 0 aliphatic heterocycles. The molecule has 0 aliphatic carbocycles. The lowest BCUT2D eigenvalue weighted by Crippen LogP contribution is -2.19. The highest BCUT2D eigenvalue weighted by molar-refractivity contribution is 5.48. The second-order valence-electron chi connectivity index (χ2n) is 3.40. The highest BCUT2D eigenvalue weighted by Gasteiger charge is 2.14. The van der Waals surface area contributed by atoms with Gasteiger partial charge in [0.2, 0.25) is 0 Å². The zero-order valence-corrected chi connectivity index (χ0v) is 7.66. The van der Waals surface area contributed by atoms with Gasteiger partial charge in [-0.1, -0.05) is 0 Å². The summed E-state index contributed by atoms with van der Waals surface area (Å²) in [5, 5.41) is 9.58. The molecule has 66 valence electrons. The van der Waals surface area contributed by atoms with Crippen LogP contribution >= 0.6 is 0 Å². The van der Waals surface area contributed by atoms with Gasteiger partial charge in [-0.3, -0.25) is 0 Å². The summed E-state index contributed by atoms with van der Waals surface area (Å²) < 4.78 is 5.11. The summed E-state index contributed by atoms with van der Waals surface area (Å²) >= 11 is 0. The van der Waals surface area contributed by atoms with Gasteiger partial charge >= 0.3 is 0 Å². The minimum atomic E-state index is -0.771. The molecule has 2 heteroatoms. The maximum atomic E-state index is 9.58. The van der Waals surface area contributed by atoms with E-state index in [9.17, 15) is 5.11 Å². The summed E-state index contributed by atoms with van der Waals surface area (Å²) in [4.78, 5) is 0. The molecule has 0 saturated carbocycles. The monoisotopic (exact) mass is 166 g/mol. The van der Waals surface area contributed by atoms with Crippen LogP contribution in [0.25, 0.3) is 6.08 Å². The van der Waals surface area contributed by atoms with Gasteiger partial charge in [-0.05, 0) is 44.6 Å². The van der Waals surface area contributed by atoms with Gasteiger partial charge in [0.05, 0.1) is 11.9 Å². The van der Waals surface area contributed by atoms with Crippen LogP contribution in [0.5, 0.6) is 0 Å². The topological polar surface area (TPSA) is 33.4 Å². The Kier molecular flexibility index (Phi) is 2.38. The summed E-state index contributed by atoms with van der Waals surface area (Å²) in [5.41, 5.74) is 0.115. The normalized spacial score (nSPS) is 13.5. The predicted octanol–water partition coefficient (Wildman–Crippen LogP) is 2.45. The molecule has 1 N–H and O–H groups in total. The molecular weight excluding hydrogens is 152 g/mol. The summed E-state index contributed by atoms with van der Waals surface area (Å²) in [6.07, 6.45) is 3.45. The molecular formula is C10H14O2. The molecule has 1 rings (SSSR count). The molecule has 0 spiro atoms. The van der Waals surface area contributed by atoms with Crippen molar-refractivity contribution in [2.24, 2.45) is 0 Å². The van der Waals surface area contributed by atoms with Crippen LogP contribution in [0.2, 0.25) is 0 Å². The fraction of sp³-hybridized carbons (Fsp3) is 0.400. The Morgan fingerprint density at radius 3 is 2.67 bits per heavy atom. The quantitative estimate of drug-likeness (QED) is 0.732. The lowest BCUT2D eigenvalue weighted by Gasteiger charge is -2.17. The van der Waals surface area contributed by atoms with Gasteiger partial charge < -0.3 is 9.52 Å². The van der Waals surface area contributed by atoms with Crippen LogP contribution in [-0.2, 0) is 0 Å². The SMILES string of the molecule is C/C(=C\c1ccco1)C(C)(C)O. The van der Waals surface area contributed by atoms with Gasteiger partial charge in [-0.25, -0.2) is 0 Å². The Balaban J connectivity index is 2.84. The first-order chi connectivity index (χ1) is 5.50. The Morgan fingerprint density at radius 1 is 1.58 bits per heavy atom. The van der Waals surface area contributed by atoms with E-state index in [-0.39, 0.29) is 0 Å². The number of aliphatic hydroxyl groups is 1. The molecule has 0 radical (unpaired) electrons. The Labute approximate surface area is 72.5 Å². The number of hydrogen-bond donors (Lipinski definition) is 1. The van der Waals surface area contributed by atoms with Crippen LogP contribution in [0.3, 0.4) is 0 Å². The van der Waals surface area contributed by atoms with E-state index >= 15 is 0 Å². The average molecular weight is 166 g/mol. The maximum absolute atomic E-state index is 9.58. The highest BCUT2D eigenvalue weighted by atomic mass is 16.3. The second-order valence-corrected chi connectivity index (χ2v) is 3.40. The zero-order valence-electron chi connectivity index (χ0n) is 7.66. The van der Waals surface area contributed by atoms with Gasteiger partial charge in [-0.15, -0.1) is 0 Å². The van der Waals surface area contributed by atoms with Crippen LogP contribution in [0.15, 0.2) is 28.4 Å². The van der Waals surface area contributed by atoms with Crippen molar-refractivity contribution in [2.45, 2.75) is 26.4 Å². The van der Waals surface area contributed by atoms with Crippen LogP contribution in [0.1, 0.15) is 26.5 Å². The molecule has 0 bridgehead atoms. The summed E-state index contributed by atoms with van der Waals surface area (Å²) in [5.74, 6) is 0.773. The van der Waals surface area contributed by atoms with Crippen molar-refractivity contribution in [3.05, 3.63) is 29.7 Å². The Hall–Kier alpha value is -1.02. The predicted molar refractivity (Wildman–Crippen MR) is 48.7 cm³/mol. The third-order valence-electron chi connectivity index (χ3n) is 1.87. The average Bonchev–Trinajstić information content (AvgIpc) is 2.37. The molecule has 0 saturated heterocycles. The van der Waals surface area contributed by atoms with Crippen LogP contribution < -0.4 is 0 Å². The fourth-order valence-corrected chi connectivity index (χ4v) is 0.763. The number of furan rings is 1. The van der Waals surface area contributed by atoms with E-state index in [1.54, 1.807) is 20.1 Å². The second kappa shape index (κ2) is 3.15. The van der Waals surface area contributed by atoms with Gasteiger partial charge in [0.25, 0.3) is 0 Å². The lowest BCUT2D eigenvalue weighted by atomic mass is 9.99. The molecule has 12 heavy (non-hydrogen) atoms. The maximum Gasteiger partial charge on any atom is 0.126 e. The largest absolute Gasteiger partial charge is 0.465 e. The number of hydrogen-bond acceptors (Lipinski definition) is 2. The van der Waals surface area contributed by atoms with E-state index in [0.29, 0.717) is 0 Å². The van der Waals surface area contributed by atoms with E-state index < -0.39 is 5.60 Å². The summed E-state index contributed by atoms with van der Waals surface area (Å²) in [6.45, 7) is 5.38. The smallest absolute Gasteiger partial charge is 0.126 e. The summed E-state index contributed by atoms with van der Waals surface area (Å²) in [6, 6.07) is 3.68. The van der Waals surface area contributed by atoms with Gasteiger partial charge in [0.15, 0.2) is 0 Å². The molecule has 0 aromatic carbocycles. The first-order valence-electron chi connectivity index (χ1n) is 3.95. The summed E-state index contributed by atoms with van der Waals surface area (Å²) in [7, 11) is 0. The van der Waals surface area contributed by atoms with Crippen LogP contribution in [0, 0.1) is 0 Å². The van der Waals surface area contributed by atoms with Crippen molar-refractivity contribution in [2.75, 3.05) is 0 Å². The van der Waals surface area contributed by atoms with Crippen molar-refractivity contribution in [1.82, 2.24) is 0 Å². The van der Waals surface area contributed by atoms with Crippen molar-refractivity contribution in [3.8, 4) is 0 Å². The van der Waals surface area contributed by atoms with E-state index in [2.05, 4.69) is 0 Å². The zero-order chi connectivity index (χ0) is 9.19. The third kappa shape index (κ3) is 2.24. The Morgan fingerprint density at radius 2 is 2.25 bits per heavy atom. The van der Waals surface area contributed by atoms with Crippen molar-refractivity contribution in [3.63, 3.8) is 0 Å². The minimum Gasteiger partial charge on any atom is -0.465 e. The third-order valence-corrected chi connectivity index (χ3v) is 1.87. The van der Waals surface area contributed by atoms with Crippen molar-refractivity contribution in [1.29, 1.82) is 0 Å². The molecule has 0 amide bonds. The van der Waals surface area contributed by atoms with E-state index in [4.69, 9.17) is 4.42 Å². The first-order valence-corrected chi connectivity index (χ1v) is 3.95. The lowest BCUT2D eigenvalue weighted by molar-refractivity contribution is 0.121. The fourth-order valence-electron chi connectivity index (χ4n) is 0.763. The van der Waals surface area contributed by atoms with Gasteiger partial charge in [0, 0.05) is 0 Å². The molecule has 1 aromatic heterocycles. The van der Waals surface area contributed by atoms with Crippen molar-refractivity contribution < 1.29 is 9.52 Å². The molecule has 0 fully saturated rings. The van der Waals surface area contributed by atoms with E-state index in [0.717, 1.165) is 11.3 Å². The molecule has 0 atom stereocenters. The standard InChI is InChI=1S/C10H14O2/c1-8(10(2,3)11)7-9-5-4-6-12-9/h4-7,11H,1-3H3/b8-7+. The number of rotatable bonds is 2. The molecule has 0 aliphatic rings. The van der Waals surface area contributed by atoms with Crippen LogP contribution in [-0.4, -0.2) is 10.7 Å². The molecule has 0 unspecified atom stereocenters. The molecule has 1 aromatic rings. The Bertz CT molecular complexity index is 263. The van der Waals surface area contributed by atoms with Crippen molar-refractivity contribution >= 4 is 6.08 Å². The molecule has 2 nitrogen and oxygen atoms in total. The first kappa shape index (κ1) is 9.07. The van der Waals surface area contributed by atoms with Gasteiger partial charge in [0.1, 0.15) is 5.76 Å². The van der Waals surface area contributed by atoms with Crippen LogP contribution in [0.4, 0.5) is 0 Å². The highest BCUT2D eigenvalue weighted by Crippen LogP contribution is 2.17.